The predicted molar refractivity (Wildman–Crippen MR) is 175 cm³/mol. The van der Waals surface area contributed by atoms with Crippen LogP contribution in [-0.2, 0) is 9.53 Å². The summed E-state index contributed by atoms with van der Waals surface area (Å²) in [4.78, 5) is 21.7. The lowest BCUT2D eigenvalue weighted by atomic mass is 9.92. The number of ether oxygens (including phenoxy) is 2. The molecular formula is C35H38F2N4O6. The van der Waals surface area contributed by atoms with Crippen LogP contribution in [0.25, 0.3) is 32.8 Å². The summed E-state index contributed by atoms with van der Waals surface area (Å²) in [5.41, 5.74) is -1.12. The Morgan fingerprint density at radius 2 is 1.89 bits per heavy atom. The van der Waals surface area contributed by atoms with Crippen LogP contribution in [0, 0.1) is 24.0 Å². The van der Waals surface area contributed by atoms with Crippen LogP contribution in [0.4, 0.5) is 14.6 Å². The summed E-state index contributed by atoms with van der Waals surface area (Å²) in [5, 5.41) is 29.5. The van der Waals surface area contributed by atoms with Gasteiger partial charge in [0.2, 0.25) is 0 Å². The summed E-state index contributed by atoms with van der Waals surface area (Å²) in [7, 11) is 3.68. The third-order valence-corrected chi connectivity index (χ3v) is 9.30. The van der Waals surface area contributed by atoms with Crippen LogP contribution in [0.5, 0.6) is 11.8 Å². The van der Waals surface area contributed by atoms with Crippen molar-refractivity contribution < 1.29 is 38.4 Å². The van der Waals surface area contributed by atoms with Crippen LogP contribution < -0.4 is 9.64 Å². The molecule has 0 spiro atoms. The molecule has 3 aromatic carbocycles. The lowest BCUT2D eigenvalue weighted by molar-refractivity contribution is -0.122. The number of rotatable bonds is 6. The van der Waals surface area contributed by atoms with Gasteiger partial charge >= 0.3 is 6.01 Å². The molecule has 3 heterocycles. The van der Waals surface area contributed by atoms with Gasteiger partial charge in [-0.05, 0) is 75.4 Å². The van der Waals surface area contributed by atoms with Crippen molar-refractivity contribution in [2.75, 3.05) is 45.3 Å². The van der Waals surface area contributed by atoms with Gasteiger partial charge in [0.1, 0.15) is 29.5 Å². The fourth-order valence-electron chi connectivity index (χ4n) is 6.73. The lowest BCUT2D eigenvalue weighted by Crippen LogP contribution is -2.51. The topological polar surface area (TPSA) is 128 Å². The molecule has 1 aromatic heterocycles. The first kappa shape index (κ1) is 33.8. The number of likely N-dealkylation sites (tertiary alicyclic amines) is 1. The molecule has 0 bridgehead atoms. The van der Waals surface area contributed by atoms with E-state index in [1.807, 2.05) is 18.9 Å². The number of fused-ring (bicyclic) bond motifs is 2. The smallest absolute Gasteiger partial charge is 0.319 e. The van der Waals surface area contributed by atoms with Gasteiger partial charge < -0.3 is 29.7 Å². The number of phenolic OH excluding ortho intramolecular Hbond substituents is 1. The summed E-state index contributed by atoms with van der Waals surface area (Å²) in [6.45, 7) is 5.52. The van der Waals surface area contributed by atoms with Crippen molar-refractivity contribution in [3.8, 4) is 35.2 Å². The Balaban J connectivity index is 0.00000139. The van der Waals surface area contributed by atoms with Crippen molar-refractivity contribution in [1.82, 2.24) is 14.9 Å². The Bertz CT molecular complexity index is 1860. The normalized spacial score (nSPS) is 22.9. The highest BCUT2D eigenvalue weighted by molar-refractivity contribution is 6.04. The van der Waals surface area contributed by atoms with Gasteiger partial charge in [0, 0.05) is 43.1 Å². The molecule has 0 aliphatic carbocycles. The standard InChI is InChI=1S/C34H36F2N4O4.CH2O2/c1-6-22-26(35)11-8-20-16-21(41)17-25(28(20)22)23-9-10-24-30(29(23)36)37-32(38-31(24)40-14-7-13-33(2,42)18-40)44-19-34(3)27(43-5)12-15-39(34)4;2-1-3/h1,8-11,16-17,27,41-42H,7,12-15,18-19H2,2-5H3;1H,(H,2,3). The molecule has 0 saturated carbocycles. The highest BCUT2D eigenvalue weighted by atomic mass is 19.1. The molecule has 0 radical (unpaired) electrons. The number of phenols is 1. The number of β-amino-alcohol motifs (C(OH)–C–C–N with tert-alkyl or cyclic N) is 1. The number of anilines is 1. The SMILES string of the molecule is C#Cc1c(F)ccc2cc(O)cc(-c3ccc4c(N5CCCC(C)(O)C5)nc(OCC5(C)C(OC)CCN5C)nc4c3F)c12.O=CO. The average Bonchev–Trinajstić information content (AvgIpc) is 3.32. The van der Waals surface area contributed by atoms with Crippen molar-refractivity contribution >= 4 is 34.0 Å². The molecular weight excluding hydrogens is 610 g/mol. The van der Waals surface area contributed by atoms with Gasteiger partial charge in [-0.2, -0.15) is 9.97 Å². The minimum absolute atomic E-state index is 0.00362. The van der Waals surface area contributed by atoms with Crippen LogP contribution in [0.2, 0.25) is 0 Å². The van der Waals surface area contributed by atoms with Gasteiger partial charge in [-0.25, -0.2) is 8.78 Å². The molecule has 3 N–H and O–H groups in total. The number of halogens is 2. The molecule has 4 aromatic rings. The minimum Gasteiger partial charge on any atom is -0.508 e. The van der Waals surface area contributed by atoms with Crippen molar-refractivity contribution in [2.45, 2.75) is 50.4 Å². The van der Waals surface area contributed by atoms with Crippen molar-refractivity contribution in [3.05, 3.63) is 53.6 Å². The molecule has 2 saturated heterocycles. The van der Waals surface area contributed by atoms with Gasteiger partial charge in [-0.1, -0.05) is 18.1 Å². The number of hydrogen-bond donors (Lipinski definition) is 3. The monoisotopic (exact) mass is 648 g/mol. The third-order valence-electron chi connectivity index (χ3n) is 9.30. The molecule has 47 heavy (non-hydrogen) atoms. The van der Waals surface area contributed by atoms with Crippen LogP contribution in [0.1, 0.15) is 38.7 Å². The maximum atomic E-state index is 16.8. The lowest BCUT2D eigenvalue weighted by Gasteiger charge is -2.38. The summed E-state index contributed by atoms with van der Waals surface area (Å²) >= 11 is 0. The highest BCUT2D eigenvalue weighted by Gasteiger charge is 2.44. The fourth-order valence-corrected chi connectivity index (χ4v) is 6.73. The van der Waals surface area contributed by atoms with Gasteiger partial charge in [0.05, 0.1) is 22.8 Å². The number of carboxylic acid groups (broad SMARTS) is 1. The Hall–Kier alpha value is -4.57. The molecule has 12 heteroatoms. The number of terminal acetylenes is 1. The van der Waals surface area contributed by atoms with E-state index in [4.69, 9.17) is 30.8 Å². The number of aromatic hydroxyl groups is 1. The van der Waals surface area contributed by atoms with Gasteiger partial charge in [-0.15, -0.1) is 6.42 Å². The van der Waals surface area contributed by atoms with Crippen LogP contribution in [-0.4, -0.2) is 94.3 Å². The second-order valence-corrected chi connectivity index (χ2v) is 12.5. The molecule has 2 aliphatic rings. The van der Waals surface area contributed by atoms with E-state index in [0.29, 0.717) is 41.5 Å². The second-order valence-electron chi connectivity index (χ2n) is 12.5. The van der Waals surface area contributed by atoms with E-state index in [9.17, 15) is 14.6 Å². The maximum absolute atomic E-state index is 16.8. The first-order valence-corrected chi connectivity index (χ1v) is 15.2. The third kappa shape index (κ3) is 6.39. The number of hydrogen-bond acceptors (Lipinski definition) is 9. The Kier molecular flexibility index (Phi) is 9.54. The first-order chi connectivity index (χ1) is 22.4. The number of likely N-dealkylation sites (N-methyl/N-ethyl adjacent to an activating group) is 1. The number of benzene rings is 3. The van der Waals surface area contributed by atoms with E-state index in [1.54, 1.807) is 26.2 Å². The Morgan fingerprint density at radius 3 is 2.57 bits per heavy atom. The van der Waals surface area contributed by atoms with Gasteiger partial charge in [0.25, 0.3) is 6.47 Å². The van der Waals surface area contributed by atoms with E-state index in [-0.39, 0.29) is 53.2 Å². The minimum atomic E-state index is -0.947. The summed E-state index contributed by atoms with van der Waals surface area (Å²) in [5.74, 6) is 1.39. The van der Waals surface area contributed by atoms with Crippen LogP contribution in [0.15, 0.2) is 36.4 Å². The molecule has 248 valence electrons. The van der Waals surface area contributed by atoms with E-state index >= 15 is 4.39 Å². The molecule has 6 rings (SSSR count). The zero-order valence-electron chi connectivity index (χ0n) is 26.8. The average molecular weight is 649 g/mol. The zero-order valence-corrected chi connectivity index (χ0v) is 26.8. The van der Waals surface area contributed by atoms with Crippen molar-refractivity contribution in [2.24, 2.45) is 0 Å². The Morgan fingerprint density at radius 1 is 1.15 bits per heavy atom. The first-order valence-electron chi connectivity index (χ1n) is 15.2. The fraction of sp³-hybridized carbons (Fsp3) is 0.400. The van der Waals surface area contributed by atoms with Crippen LogP contribution >= 0.6 is 0 Å². The predicted octanol–water partition coefficient (Wildman–Crippen LogP) is 4.96. The second kappa shape index (κ2) is 13.3. The molecule has 2 fully saturated rings. The number of methoxy groups -OCH3 is 1. The summed E-state index contributed by atoms with van der Waals surface area (Å²) in [6, 6.07) is 8.80. The maximum Gasteiger partial charge on any atom is 0.319 e. The van der Waals surface area contributed by atoms with Crippen molar-refractivity contribution in [3.63, 3.8) is 0 Å². The van der Waals surface area contributed by atoms with Gasteiger partial charge in [-0.3, -0.25) is 9.69 Å². The van der Waals surface area contributed by atoms with E-state index in [2.05, 4.69) is 15.8 Å². The quantitative estimate of drug-likeness (QED) is 0.195. The van der Waals surface area contributed by atoms with E-state index < -0.39 is 22.8 Å². The number of aromatic nitrogens is 2. The molecule has 3 atom stereocenters. The van der Waals surface area contributed by atoms with Crippen LogP contribution in [0.3, 0.4) is 0 Å². The van der Waals surface area contributed by atoms with E-state index in [1.165, 1.54) is 24.3 Å². The number of aliphatic hydroxyl groups is 1. The van der Waals surface area contributed by atoms with Crippen molar-refractivity contribution in [1.29, 1.82) is 0 Å². The number of carbonyl (C=O) groups is 1. The number of nitrogens with zero attached hydrogens (tertiary/aromatic N) is 4. The van der Waals surface area contributed by atoms with Gasteiger partial charge in [0.15, 0.2) is 5.82 Å². The zero-order chi connectivity index (χ0) is 34.1. The summed E-state index contributed by atoms with van der Waals surface area (Å²) in [6.07, 6.45) is 7.81. The van der Waals surface area contributed by atoms with E-state index in [0.717, 1.165) is 19.4 Å². The summed E-state index contributed by atoms with van der Waals surface area (Å²) < 4.78 is 43.5. The highest BCUT2D eigenvalue weighted by Crippen LogP contribution is 2.41. The Labute approximate surface area is 271 Å². The molecule has 2 aliphatic heterocycles. The molecule has 3 unspecified atom stereocenters. The largest absolute Gasteiger partial charge is 0.508 e. The molecule has 10 nitrogen and oxygen atoms in total. The number of piperidine rings is 1. The molecule has 0 amide bonds.